The topological polar surface area (TPSA) is 62.7 Å². The van der Waals surface area contributed by atoms with Crippen molar-refractivity contribution >= 4 is 11.8 Å². The van der Waals surface area contributed by atoms with E-state index in [1.165, 1.54) is 0 Å². The van der Waals surface area contributed by atoms with Crippen molar-refractivity contribution in [2.45, 2.75) is 12.0 Å². The van der Waals surface area contributed by atoms with E-state index in [9.17, 15) is 9.59 Å². The maximum Gasteiger partial charge on any atom is 0.272 e. The first-order valence-electron chi connectivity index (χ1n) is 10.7. The number of carbonyl (C=O) groups is 2. The Morgan fingerprint density at radius 1 is 1.00 bits per heavy atom. The number of benzene rings is 2. The van der Waals surface area contributed by atoms with Gasteiger partial charge in [-0.05, 0) is 28.8 Å². The number of likely N-dealkylation sites (N-methyl/N-ethyl adjacent to an activating group) is 1. The van der Waals surface area contributed by atoms with Gasteiger partial charge in [-0.25, -0.2) is 0 Å². The number of ether oxygens (including phenoxy) is 1. The second-order valence-electron chi connectivity index (χ2n) is 8.18. The number of aromatic nitrogens is 1. The summed E-state index contributed by atoms with van der Waals surface area (Å²) in [6, 6.07) is 23.4. The van der Waals surface area contributed by atoms with Crippen molar-refractivity contribution in [3.05, 3.63) is 90.3 Å². The fourth-order valence-electron chi connectivity index (χ4n) is 4.21. The Morgan fingerprint density at radius 2 is 1.72 bits per heavy atom. The third-order valence-corrected chi connectivity index (χ3v) is 5.73. The number of pyridine rings is 1. The van der Waals surface area contributed by atoms with Crippen LogP contribution in [0.5, 0.6) is 0 Å². The highest BCUT2D eigenvalue weighted by Crippen LogP contribution is 2.31. The van der Waals surface area contributed by atoms with Crippen LogP contribution in [-0.2, 0) is 16.0 Å². The van der Waals surface area contributed by atoms with Crippen LogP contribution in [0.15, 0.2) is 79.0 Å². The molecule has 0 spiro atoms. The fourth-order valence-corrected chi connectivity index (χ4v) is 4.21. The number of carbonyl (C=O) groups excluding carboxylic acids is 2. The lowest BCUT2D eigenvalue weighted by molar-refractivity contribution is -0.165. The van der Waals surface area contributed by atoms with E-state index in [4.69, 9.17) is 4.74 Å². The zero-order valence-corrected chi connectivity index (χ0v) is 18.4. The predicted molar refractivity (Wildman–Crippen MR) is 123 cm³/mol. The lowest BCUT2D eigenvalue weighted by Gasteiger charge is -2.43. The third-order valence-electron chi connectivity index (χ3n) is 5.73. The standard InChI is InChI=1S/C26H27N3O3/c1-28(2)25(31)26(18-21-12-6-7-13-22(21)20-10-4-3-5-11-20)19-29(16-17-32-26)24(30)23-14-8-9-15-27-23/h3-15H,16-19H2,1-2H3/t26-/m0/s1. The molecule has 1 aliphatic rings. The van der Waals surface area contributed by atoms with Crippen LogP contribution in [-0.4, -0.2) is 66.0 Å². The number of morpholine rings is 1. The molecule has 1 fully saturated rings. The van der Waals surface area contributed by atoms with E-state index in [0.29, 0.717) is 18.7 Å². The van der Waals surface area contributed by atoms with Crippen LogP contribution in [0.3, 0.4) is 0 Å². The number of rotatable bonds is 5. The van der Waals surface area contributed by atoms with E-state index < -0.39 is 5.60 Å². The highest BCUT2D eigenvalue weighted by atomic mass is 16.5. The molecule has 6 heteroatoms. The van der Waals surface area contributed by atoms with Gasteiger partial charge >= 0.3 is 0 Å². The lowest BCUT2D eigenvalue weighted by atomic mass is 9.87. The van der Waals surface area contributed by atoms with Gasteiger partial charge in [-0.15, -0.1) is 0 Å². The molecular weight excluding hydrogens is 402 g/mol. The summed E-state index contributed by atoms with van der Waals surface area (Å²) in [6.07, 6.45) is 1.96. The van der Waals surface area contributed by atoms with Crippen molar-refractivity contribution in [2.24, 2.45) is 0 Å². The molecule has 4 rings (SSSR count). The first-order chi connectivity index (χ1) is 15.5. The molecule has 2 heterocycles. The van der Waals surface area contributed by atoms with Gasteiger partial charge in [-0.2, -0.15) is 0 Å². The van der Waals surface area contributed by atoms with Crippen LogP contribution < -0.4 is 0 Å². The molecule has 1 aliphatic heterocycles. The molecule has 2 amide bonds. The normalized spacial score (nSPS) is 18.2. The Balaban J connectivity index is 1.70. The van der Waals surface area contributed by atoms with Crippen LogP contribution in [0, 0.1) is 0 Å². The van der Waals surface area contributed by atoms with E-state index in [1.54, 1.807) is 48.3 Å². The second-order valence-corrected chi connectivity index (χ2v) is 8.18. The summed E-state index contributed by atoms with van der Waals surface area (Å²) in [5, 5.41) is 0. The van der Waals surface area contributed by atoms with Crippen LogP contribution in [0.2, 0.25) is 0 Å². The lowest BCUT2D eigenvalue weighted by Crippen LogP contribution is -2.61. The smallest absolute Gasteiger partial charge is 0.272 e. The molecule has 1 aromatic heterocycles. The van der Waals surface area contributed by atoms with Crippen LogP contribution >= 0.6 is 0 Å². The molecule has 0 radical (unpaired) electrons. The zero-order valence-electron chi connectivity index (χ0n) is 18.4. The first-order valence-corrected chi connectivity index (χ1v) is 10.7. The van der Waals surface area contributed by atoms with Crippen molar-refractivity contribution in [3.63, 3.8) is 0 Å². The third kappa shape index (κ3) is 4.41. The SMILES string of the molecule is CN(C)C(=O)[C@]1(Cc2ccccc2-c2ccccc2)CN(C(=O)c2ccccn2)CCO1. The van der Waals surface area contributed by atoms with Crippen molar-refractivity contribution < 1.29 is 14.3 Å². The maximum absolute atomic E-state index is 13.4. The monoisotopic (exact) mass is 429 g/mol. The van der Waals surface area contributed by atoms with Crippen molar-refractivity contribution in [1.82, 2.24) is 14.8 Å². The molecule has 164 valence electrons. The van der Waals surface area contributed by atoms with Crippen molar-refractivity contribution in [3.8, 4) is 11.1 Å². The van der Waals surface area contributed by atoms with Gasteiger partial charge < -0.3 is 14.5 Å². The Morgan fingerprint density at radius 3 is 2.44 bits per heavy atom. The van der Waals surface area contributed by atoms with E-state index in [2.05, 4.69) is 23.2 Å². The van der Waals surface area contributed by atoms with E-state index in [0.717, 1.165) is 16.7 Å². The fraction of sp³-hybridized carbons (Fsp3) is 0.269. The highest BCUT2D eigenvalue weighted by Gasteiger charge is 2.46. The average Bonchev–Trinajstić information content (AvgIpc) is 2.84. The molecule has 0 bridgehead atoms. The molecule has 0 unspecified atom stereocenters. The van der Waals surface area contributed by atoms with Gasteiger partial charge in [0.05, 0.1) is 13.2 Å². The minimum absolute atomic E-state index is 0.154. The van der Waals surface area contributed by atoms with E-state index in [-0.39, 0.29) is 25.0 Å². The molecule has 2 aromatic carbocycles. The number of hydrogen-bond acceptors (Lipinski definition) is 4. The number of nitrogens with zero attached hydrogens (tertiary/aromatic N) is 3. The van der Waals surface area contributed by atoms with E-state index >= 15 is 0 Å². The molecule has 1 atom stereocenters. The molecule has 0 N–H and O–H groups in total. The molecular formula is C26H27N3O3. The molecule has 1 saturated heterocycles. The summed E-state index contributed by atoms with van der Waals surface area (Å²) in [7, 11) is 3.44. The largest absolute Gasteiger partial charge is 0.361 e. The van der Waals surface area contributed by atoms with Gasteiger partial charge in [0.2, 0.25) is 0 Å². The molecule has 3 aromatic rings. The van der Waals surface area contributed by atoms with Crippen molar-refractivity contribution in [2.75, 3.05) is 33.8 Å². The summed E-state index contributed by atoms with van der Waals surface area (Å²) in [6.45, 7) is 0.867. The number of amides is 2. The zero-order chi connectivity index (χ0) is 22.6. The summed E-state index contributed by atoms with van der Waals surface area (Å²) in [4.78, 5) is 33.9. The van der Waals surface area contributed by atoms with Crippen LogP contribution in [0.1, 0.15) is 16.1 Å². The minimum Gasteiger partial charge on any atom is -0.361 e. The minimum atomic E-state index is -1.17. The maximum atomic E-state index is 13.4. The Hall–Kier alpha value is -3.51. The van der Waals surface area contributed by atoms with Gasteiger partial charge in [0.25, 0.3) is 11.8 Å². The van der Waals surface area contributed by atoms with Gasteiger partial charge in [0, 0.05) is 33.3 Å². The molecule has 32 heavy (non-hydrogen) atoms. The van der Waals surface area contributed by atoms with Gasteiger partial charge in [-0.1, -0.05) is 60.7 Å². The van der Waals surface area contributed by atoms with E-state index in [1.807, 2.05) is 36.4 Å². The van der Waals surface area contributed by atoms with Gasteiger partial charge in [-0.3, -0.25) is 14.6 Å². The Labute approximate surface area is 188 Å². The summed E-state index contributed by atoms with van der Waals surface area (Å²) in [5.41, 5.74) is 2.33. The average molecular weight is 430 g/mol. The second kappa shape index (κ2) is 9.32. The van der Waals surface area contributed by atoms with Gasteiger partial charge in [0.15, 0.2) is 5.60 Å². The Kier molecular flexibility index (Phi) is 6.32. The first kappa shape index (κ1) is 21.7. The quantitative estimate of drug-likeness (QED) is 0.624. The summed E-state index contributed by atoms with van der Waals surface area (Å²) < 4.78 is 6.19. The Bertz CT molecular complexity index is 1090. The predicted octanol–water partition coefficient (Wildman–Crippen LogP) is 3.29. The van der Waals surface area contributed by atoms with Crippen molar-refractivity contribution in [1.29, 1.82) is 0 Å². The summed E-state index contributed by atoms with van der Waals surface area (Å²) >= 11 is 0. The highest BCUT2D eigenvalue weighted by molar-refractivity contribution is 5.94. The number of hydrogen-bond donors (Lipinski definition) is 0. The molecule has 0 aliphatic carbocycles. The van der Waals surface area contributed by atoms with Gasteiger partial charge in [0.1, 0.15) is 5.69 Å². The molecule has 0 saturated carbocycles. The molecule has 6 nitrogen and oxygen atoms in total. The summed E-state index contributed by atoms with van der Waals surface area (Å²) in [5.74, 6) is -0.347. The van der Waals surface area contributed by atoms with Crippen LogP contribution in [0.25, 0.3) is 11.1 Å². The van der Waals surface area contributed by atoms with Crippen LogP contribution in [0.4, 0.5) is 0 Å².